The van der Waals surface area contributed by atoms with E-state index in [0.29, 0.717) is 83.7 Å². The number of fused-ring (bicyclic) bond motifs is 1. The first-order chi connectivity index (χ1) is 24.6. The van der Waals surface area contributed by atoms with E-state index in [0.717, 1.165) is 28.8 Å². The van der Waals surface area contributed by atoms with Gasteiger partial charge < -0.3 is 20.3 Å². The topological polar surface area (TPSA) is 150 Å². The van der Waals surface area contributed by atoms with E-state index in [4.69, 9.17) is 16.3 Å². The van der Waals surface area contributed by atoms with Gasteiger partial charge >= 0.3 is 5.97 Å². The molecule has 2 saturated heterocycles. The SMILES string of the molecule is COc1nc(-c2cccc(-c3cccc(Nc4nc(C(F)F)nc5cc(CN6CC[C@@H](O)C6)cnc45)c3C)c2Cl)cnc1CN1CC(C(=O)O)C1. The first-order valence-corrected chi connectivity index (χ1v) is 16.8. The number of aromatic nitrogens is 5. The number of halogens is 3. The lowest BCUT2D eigenvalue weighted by Gasteiger charge is -2.36. The first kappa shape index (κ1) is 34.6. The zero-order valence-corrected chi connectivity index (χ0v) is 28.6. The number of hydrogen-bond acceptors (Lipinski definition) is 11. The Bertz CT molecular complexity index is 2120. The predicted octanol–water partition coefficient (Wildman–Crippen LogP) is 5.88. The number of anilines is 2. The van der Waals surface area contributed by atoms with E-state index in [9.17, 15) is 23.8 Å². The number of carbonyl (C=O) groups is 1. The quantitative estimate of drug-likeness (QED) is 0.150. The maximum atomic E-state index is 14.0. The number of nitrogens with zero attached hydrogens (tertiary/aromatic N) is 7. The van der Waals surface area contributed by atoms with Crippen LogP contribution >= 0.6 is 11.6 Å². The number of carboxylic acids is 1. The Morgan fingerprint density at radius 2 is 1.78 bits per heavy atom. The zero-order chi connectivity index (χ0) is 35.8. The van der Waals surface area contributed by atoms with Gasteiger partial charge in [-0.2, -0.15) is 0 Å². The van der Waals surface area contributed by atoms with Crippen LogP contribution in [0.1, 0.15) is 35.5 Å². The molecule has 7 rings (SSSR count). The highest BCUT2D eigenvalue weighted by Gasteiger charge is 2.33. The minimum absolute atomic E-state index is 0.151. The number of pyridine rings is 1. The Morgan fingerprint density at radius 3 is 2.51 bits per heavy atom. The normalized spacial score (nSPS) is 16.9. The summed E-state index contributed by atoms with van der Waals surface area (Å²) in [5.74, 6) is -1.33. The molecule has 2 aliphatic heterocycles. The zero-order valence-electron chi connectivity index (χ0n) is 27.9. The molecule has 1 atom stereocenters. The third-order valence-corrected chi connectivity index (χ3v) is 9.70. The molecule has 3 aromatic heterocycles. The van der Waals surface area contributed by atoms with Crippen molar-refractivity contribution in [1.82, 2.24) is 34.7 Å². The van der Waals surface area contributed by atoms with Gasteiger partial charge in [0.25, 0.3) is 6.43 Å². The standard InChI is InChI=1S/C36H35ClF2N8O4/c1-19-23(24-6-3-7-25(30(24)37)28-13-40-29(35(44-28)51-2)18-47-15-21(16-47)36(49)50)5-4-8-26(19)42-33-31-27(43-34(45-33)32(38)39)11-20(12-41-31)14-46-10-9-22(48)17-46/h3-8,11-13,21-22,32,48H,9-10,14-18H2,1-2H3,(H,49,50)(H,42,43,45)/t22-/m1/s1. The molecule has 2 aliphatic rings. The number of carboxylic acid groups (broad SMARTS) is 1. The summed E-state index contributed by atoms with van der Waals surface area (Å²) in [5.41, 5.74) is 6.09. The number of methoxy groups -OCH3 is 1. The summed E-state index contributed by atoms with van der Waals surface area (Å²) in [5, 5.41) is 22.8. The lowest BCUT2D eigenvalue weighted by Crippen LogP contribution is -2.49. The monoisotopic (exact) mass is 716 g/mol. The van der Waals surface area contributed by atoms with Gasteiger partial charge in [0.05, 0.1) is 41.6 Å². The van der Waals surface area contributed by atoms with Gasteiger partial charge in [-0.15, -0.1) is 0 Å². The Kier molecular flexibility index (Phi) is 9.75. The van der Waals surface area contributed by atoms with Crippen LogP contribution in [0.2, 0.25) is 5.02 Å². The van der Waals surface area contributed by atoms with Crippen LogP contribution in [0, 0.1) is 12.8 Å². The number of likely N-dealkylation sites (tertiary alicyclic amines) is 2. The van der Waals surface area contributed by atoms with Gasteiger partial charge in [0, 0.05) is 62.3 Å². The van der Waals surface area contributed by atoms with Crippen LogP contribution < -0.4 is 10.1 Å². The van der Waals surface area contributed by atoms with Crippen molar-refractivity contribution in [3.63, 3.8) is 0 Å². The molecule has 5 aromatic rings. The summed E-state index contributed by atoms with van der Waals surface area (Å²) in [6.07, 6.45) is 0.727. The highest BCUT2D eigenvalue weighted by atomic mass is 35.5. The third kappa shape index (κ3) is 7.17. The minimum Gasteiger partial charge on any atom is -0.481 e. The summed E-state index contributed by atoms with van der Waals surface area (Å²) in [4.78, 5) is 37.4. The summed E-state index contributed by atoms with van der Waals surface area (Å²) < 4.78 is 33.5. The molecule has 2 fully saturated rings. The van der Waals surface area contributed by atoms with Gasteiger partial charge in [0.15, 0.2) is 11.6 Å². The molecule has 0 unspecified atom stereocenters. The Labute approximate surface area is 297 Å². The first-order valence-electron chi connectivity index (χ1n) is 16.4. The van der Waals surface area contributed by atoms with E-state index >= 15 is 0 Å². The third-order valence-electron chi connectivity index (χ3n) is 9.30. The minimum atomic E-state index is -2.89. The number of aliphatic hydroxyl groups is 1. The fourth-order valence-corrected chi connectivity index (χ4v) is 6.88. The van der Waals surface area contributed by atoms with Crippen molar-refractivity contribution in [2.75, 3.05) is 38.6 Å². The number of rotatable bonds is 11. The highest BCUT2D eigenvalue weighted by Crippen LogP contribution is 2.40. The van der Waals surface area contributed by atoms with Gasteiger partial charge in [-0.25, -0.2) is 23.7 Å². The molecular weight excluding hydrogens is 682 g/mol. The van der Waals surface area contributed by atoms with E-state index in [1.165, 1.54) is 7.11 Å². The predicted molar refractivity (Wildman–Crippen MR) is 187 cm³/mol. The molecule has 15 heteroatoms. The van der Waals surface area contributed by atoms with Crippen molar-refractivity contribution >= 4 is 40.1 Å². The fourth-order valence-electron chi connectivity index (χ4n) is 6.56. The number of β-amino-alcohol motifs (C(OH)–C–C–N with tert-alkyl or cyclic N) is 1. The number of hydrogen-bond donors (Lipinski definition) is 3. The van der Waals surface area contributed by atoms with Crippen molar-refractivity contribution in [1.29, 1.82) is 0 Å². The second-order valence-corrected chi connectivity index (χ2v) is 13.2. The second-order valence-electron chi connectivity index (χ2n) is 12.8. The van der Waals surface area contributed by atoms with Crippen LogP contribution in [0.4, 0.5) is 20.3 Å². The maximum absolute atomic E-state index is 14.0. The molecule has 264 valence electrons. The van der Waals surface area contributed by atoms with Gasteiger partial charge in [0.2, 0.25) is 5.88 Å². The van der Waals surface area contributed by atoms with Crippen LogP contribution in [0.5, 0.6) is 5.88 Å². The number of aliphatic carboxylic acids is 1. The summed E-state index contributed by atoms with van der Waals surface area (Å²) in [7, 11) is 1.51. The Hall–Kier alpha value is -4.89. The maximum Gasteiger partial charge on any atom is 0.309 e. The van der Waals surface area contributed by atoms with E-state index in [2.05, 4.69) is 35.1 Å². The number of aliphatic hydroxyl groups excluding tert-OH is 1. The van der Waals surface area contributed by atoms with Crippen LogP contribution in [-0.2, 0) is 17.9 Å². The smallest absolute Gasteiger partial charge is 0.309 e. The van der Waals surface area contributed by atoms with E-state index in [-0.39, 0.29) is 17.8 Å². The average Bonchev–Trinajstić information content (AvgIpc) is 3.50. The molecule has 51 heavy (non-hydrogen) atoms. The summed E-state index contributed by atoms with van der Waals surface area (Å²) in [6.45, 7) is 4.99. The molecule has 0 spiro atoms. The number of alkyl halides is 2. The van der Waals surface area contributed by atoms with Gasteiger partial charge in [0.1, 0.15) is 11.2 Å². The molecule has 0 aliphatic carbocycles. The summed E-state index contributed by atoms with van der Waals surface area (Å²) in [6, 6.07) is 12.9. The number of benzene rings is 2. The lowest BCUT2D eigenvalue weighted by molar-refractivity contribution is -0.147. The van der Waals surface area contributed by atoms with Gasteiger partial charge in [-0.1, -0.05) is 41.9 Å². The molecule has 0 saturated carbocycles. The van der Waals surface area contributed by atoms with Crippen molar-refractivity contribution < 1.29 is 28.5 Å². The Morgan fingerprint density at radius 1 is 1.02 bits per heavy atom. The van der Waals surface area contributed by atoms with E-state index in [1.54, 1.807) is 18.5 Å². The number of nitrogens with one attached hydrogen (secondary N) is 1. The van der Waals surface area contributed by atoms with Gasteiger partial charge in [-0.3, -0.25) is 24.6 Å². The second kappa shape index (κ2) is 14.4. The fraction of sp³-hybridized carbons (Fsp3) is 0.333. The van der Waals surface area contributed by atoms with Crippen molar-refractivity contribution in [3.8, 4) is 28.3 Å². The average molecular weight is 717 g/mol. The Balaban J connectivity index is 1.17. The van der Waals surface area contributed by atoms with Crippen molar-refractivity contribution in [2.45, 2.75) is 39.0 Å². The van der Waals surface area contributed by atoms with Crippen molar-refractivity contribution in [2.24, 2.45) is 5.92 Å². The van der Waals surface area contributed by atoms with E-state index in [1.807, 2.05) is 48.2 Å². The molecule has 12 nitrogen and oxygen atoms in total. The molecule has 5 heterocycles. The molecule has 0 amide bonds. The van der Waals surface area contributed by atoms with Gasteiger partial charge in [-0.05, 0) is 42.2 Å². The number of ether oxygens (including phenoxy) is 1. The van der Waals surface area contributed by atoms with Crippen molar-refractivity contribution in [3.05, 3.63) is 82.5 Å². The largest absolute Gasteiger partial charge is 0.481 e. The molecule has 3 N–H and O–H groups in total. The molecule has 0 radical (unpaired) electrons. The molecule has 0 bridgehead atoms. The van der Waals surface area contributed by atoms with Crippen LogP contribution in [-0.4, -0.2) is 90.3 Å². The summed E-state index contributed by atoms with van der Waals surface area (Å²) >= 11 is 7.05. The molecule has 2 aromatic carbocycles. The highest BCUT2D eigenvalue weighted by molar-refractivity contribution is 6.36. The lowest BCUT2D eigenvalue weighted by atomic mass is 9.96. The van der Waals surface area contributed by atoms with Crippen LogP contribution in [0.15, 0.2) is 54.9 Å². The van der Waals surface area contributed by atoms with E-state index < -0.39 is 18.2 Å². The molecular formula is C36H35ClF2N8O4. The van der Waals surface area contributed by atoms with Crippen LogP contribution in [0.3, 0.4) is 0 Å². The van der Waals surface area contributed by atoms with Crippen LogP contribution in [0.25, 0.3) is 33.4 Å².